The Balaban J connectivity index is 1.42. The summed E-state index contributed by atoms with van der Waals surface area (Å²) in [4.78, 5) is 21.6. The molecule has 2 heterocycles. The summed E-state index contributed by atoms with van der Waals surface area (Å²) in [6, 6.07) is 0. The second kappa shape index (κ2) is 7.22. The van der Waals surface area contributed by atoms with Gasteiger partial charge in [-0.3, -0.25) is 0 Å². The van der Waals surface area contributed by atoms with Crippen LogP contribution in [0.3, 0.4) is 0 Å². The van der Waals surface area contributed by atoms with Crippen molar-refractivity contribution in [2.75, 3.05) is 37.9 Å². The van der Waals surface area contributed by atoms with E-state index in [1.54, 1.807) is 0 Å². The van der Waals surface area contributed by atoms with Gasteiger partial charge in [-0.05, 0) is 23.5 Å². The van der Waals surface area contributed by atoms with Crippen molar-refractivity contribution in [3.8, 4) is 0 Å². The van der Waals surface area contributed by atoms with E-state index in [0.29, 0.717) is 37.9 Å². The maximum Gasteiger partial charge on any atom is 0.367 e. The van der Waals surface area contributed by atoms with Crippen LogP contribution in [0, 0.1) is 0 Å². The van der Waals surface area contributed by atoms with Crippen molar-refractivity contribution in [1.82, 2.24) is 0 Å². The Kier molecular flexibility index (Phi) is 5.61. The Morgan fingerprint density at radius 1 is 0.944 bits per heavy atom. The van der Waals surface area contributed by atoms with Crippen LogP contribution in [-0.2, 0) is 18.9 Å². The molecule has 0 aliphatic carbocycles. The Bertz CT molecular complexity index is 281. The van der Waals surface area contributed by atoms with E-state index in [1.165, 1.54) is 23.5 Å². The fourth-order valence-corrected chi connectivity index (χ4v) is 2.82. The average molecular weight is 294 g/mol. The summed E-state index contributed by atoms with van der Waals surface area (Å²) in [5.74, 6) is 1.30. The van der Waals surface area contributed by atoms with Gasteiger partial charge in [-0.15, -0.1) is 0 Å². The number of carbonyl (C=O) groups is 2. The first kappa shape index (κ1) is 14.0. The van der Waals surface area contributed by atoms with E-state index < -0.39 is 0 Å². The van der Waals surface area contributed by atoms with E-state index >= 15 is 0 Å². The Morgan fingerprint density at radius 2 is 1.39 bits per heavy atom. The lowest BCUT2D eigenvalue weighted by atomic mass is 10.4. The van der Waals surface area contributed by atoms with Gasteiger partial charge in [0.1, 0.15) is 12.2 Å². The molecule has 8 heteroatoms. The Labute approximate surface area is 113 Å². The molecule has 2 aliphatic rings. The summed E-state index contributed by atoms with van der Waals surface area (Å²) in [5.41, 5.74) is 0. The molecule has 102 valence electrons. The molecule has 2 atom stereocenters. The molecule has 0 N–H and O–H groups in total. The van der Waals surface area contributed by atoms with Crippen molar-refractivity contribution in [2.24, 2.45) is 0 Å². The van der Waals surface area contributed by atoms with Gasteiger partial charge in [0.2, 0.25) is 0 Å². The predicted molar refractivity (Wildman–Crippen MR) is 67.1 cm³/mol. The molecule has 2 unspecified atom stereocenters. The molecule has 0 aromatic carbocycles. The largest absolute Gasteiger partial charge is 0.451 e. The second-order valence-corrected chi connectivity index (χ2v) is 5.66. The second-order valence-electron chi connectivity index (χ2n) is 3.75. The van der Waals surface area contributed by atoms with Crippen LogP contribution in [-0.4, -0.2) is 60.7 Å². The van der Waals surface area contributed by atoms with E-state index in [2.05, 4.69) is 0 Å². The van der Waals surface area contributed by atoms with Gasteiger partial charge < -0.3 is 18.9 Å². The molecule has 2 saturated heterocycles. The maximum atomic E-state index is 10.8. The molecule has 0 saturated carbocycles. The van der Waals surface area contributed by atoms with Crippen LogP contribution in [0.25, 0.3) is 0 Å². The first-order valence-corrected chi connectivity index (χ1v) is 7.53. The van der Waals surface area contributed by atoms with Crippen molar-refractivity contribution < 1.29 is 28.5 Å². The Morgan fingerprint density at radius 3 is 1.72 bits per heavy atom. The zero-order valence-electron chi connectivity index (χ0n) is 9.66. The molecule has 0 aromatic rings. The molecule has 18 heavy (non-hydrogen) atoms. The number of thioether (sulfide) groups is 2. The quantitative estimate of drug-likeness (QED) is 0.517. The molecule has 0 bridgehead atoms. The van der Waals surface area contributed by atoms with E-state index in [9.17, 15) is 9.59 Å². The highest BCUT2D eigenvalue weighted by atomic mass is 32.2. The fraction of sp³-hybridized carbons (Fsp3) is 0.800. The molecule has 0 radical (unpaired) electrons. The summed E-state index contributed by atoms with van der Waals surface area (Å²) in [6.07, 6.45) is -0.288. The van der Waals surface area contributed by atoms with Gasteiger partial charge in [0.25, 0.3) is 0 Å². The standard InChI is InChI=1S/C10H14O6S2/c11-9-15-7(5-17-9)3-13-1-2-14-4-8-6-18-10(12)16-8/h7-8H,1-6H2. The van der Waals surface area contributed by atoms with Crippen molar-refractivity contribution in [1.29, 1.82) is 0 Å². The highest BCUT2D eigenvalue weighted by Crippen LogP contribution is 2.20. The number of ether oxygens (including phenoxy) is 4. The number of rotatable bonds is 7. The van der Waals surface area contributed by atoms with E-state index in [4.69, 9.17) is 18.9 Å². The van der Waals surface area contributed by atoms with E-state index in [1.807, 2.05) is 0 Å². The van der Waals surface area contributed by atoms with Gasteiger partial charge in [-0.2, -0.15) is 0 Å². The first-order chi connectivity index (χ1) is 8.74. The molecule has 2 fully saturated rings. The average Bonchev–Trinajstić information content (AvgIpc) is 2.93. The lowest BCUT2D eigenvalue weighted by Gasteiger charge is -2.11. The monoisotopic (exact) mass is 294 g/mol. The van der Waals surface area contributed by atoms with Crippen LogP contribution in [0.4, 0.5) is 9.59 Å². The van der Waals surface area contributed by atoms with Crippen LogP contribution >= 0.6 is 23.5 Å². The topological polar surface area (TPSA) is 71.1 Å². The van der Waals surface area contributed by atoms with Crippen molar-refractivity contribution in [3.05, 3.63) is 0 Å². The smallest absolute Gasteiger partial charge is 0.367 e. The molecular weight excluding hydrogens is 280 g/mol. The van der Waals surface area contributed by atoms with Crippen molar-refractivity contribution in [3.63, 3.8) is 0 Å². The number of hydrogen-bond acceptors (Lipinski definition) is 8. The summed E-state index contributed by atoms with van der Waals surface area (Å²) < 4.78 is 20.6. The third kappa shape index (κ3) is 4.68. The predicted octanol–water partition coefficient (Wildman–Crippen LogP) is 1.52. The summed E-state index contributed by atoms with van der Waals surface area (Å²) >= 11 is 2.33. The van der Waals surface area contributed by atoms with Gasteiger partial charge in [-0.1, -0.05) is 0 Å². The highest BCUT2D eigenvalue weighted by molar-refractivity contribution is 8.13. The van der Waals surface area contributed by atoms with Crippen molar-refractivity contribution >= 4 is 34.1 Å². The fourth-order valence-electron chi connectivity index (χ4n) is 1.44. The van der Waals surface area contributed by atoms with Crippen molar-refractivity contribution in [2.45, 2.75) is 12.2 Å². The lowest BCUT2D eigenvalue weighted by molar-refractivity contribution is -0.00728. The molecule has 0 spiro atoms. The third-order valence-corrected chi connectivity index (χ3v) is 4.02. The third-order valence-electron chi connectivity index (χ3n) is 2.28. The Hall–Kier alpha value is -0.440. The van der Waals surface area contributed by atoms with E-state index in [-0.39, 0.29) is 22.8 Å². The first-order valence-electron chi connectivity index (χ1n) is 5.56. The highest BCUT2D eigenvalue weighted by Gasteiger charge is 2.25. The molecule has 0 aromatic heterocycles. The summed E-state index contributed by atoms with van der Waals surface area (Å²) in [6.45, 7) is 1.67. The minimum absolute atomic E-state index is 0.144. The van der Waals surface area contributed by atoms with E-state index in [0.717, 1.165) is 0 Å². The van der Waals surface area contributed by atoms with Crippen LogP contribution < -0.4 is 0 Å². The zero-order valence-corrected chi connectivity index (χ0v) is 11.3. The normalized spacial score (nSPS) is 27.3. The molecule has 2 rings (SSSR count). The minimum Gasteiger partial charge on any atom is -0.451 e. The number of cyclic esters (lactones) is 2. The lowest BCUT2D eigenvalue weighted by Crippen LogP contribution is -2.22. The summed E-state index contributed by atoms with van der Waals surface area (Å²) in [7, 11) is 0. The molecular formula is C10H14O6S2. The van der Waals surface area contributed by atoms with Gasteiger partial charge in [0, 0.05) is 11.5 Å². The summed E-state index contributed by atoms with van der Waals surface area (Å²) in [5, 5.41) is -0.471. The molecule has 2 aliphatic heterocycles. The van der Waals surface area contributed by atoms with Crippen LogP contribution in [0.2, 0.25) is 0 Å². The molecule has 0 amide bonds. The van der Waals surface area contributed by atoms with Gasteiger partial charge in [-0.25, -0.2) is 9.59 Å². The zero-order chi connectivity index (χ0) is 12.8. The number of carbonyl (C=O) groups excluding carboxylic acids is 2. The maximum absolute atomic E-state index is 10.8. The SMILES string of the molecule is O=C1OC(COCCOCC2CSC(=O)O2)CS1. The molecule has 6 nitrogen and oxygen atoms in total. The van der Waals surface area contributed by atoms with Gasteiger partial charge in [0.05, 0.1) is 26.4 Å². The van der Waals surface area contributed by atoms with Crippen LogP contribution in [0.15, 0.2) is 0 Å². The minimum atomic E-state index is -0.236. The van der Waals surface area contributed by atoms with Gasteiger partial charge >= 0.3 is 10.6 Å². The number of hydrogen-bond donors (Lipinski definition) is 0. The van der Waals surface area contributed by atoms with Gasteiger partial charge in [0.15, 0.2) is 0 Å². The van der Waals surface area contributed by atoms with Crippen LogP contribution in [0.5, 0.6) is 0 Å². The van der Waals surface area contributed by atoms with Crippen LogP contribution in [0.1, 0.15) is 0 Å².